The number of anilines is 1. The number of hydrogen-bond acceptors (Lipinski definition) is 4. The molecular formula is C14H20N2O5. The highest BCUT2D eigenvalue weighted by Gasteiger charge is 2.17. The first kappa shape index (κ1) is 16.6. The second kappa shape index (κ2) is 7.37. The third-order valence-electron chi connectivity index (χ3n) is 2.67. The van der Waals surface area contributed by atoms with E-state index >= 15 is 0 Å². The molecule has 1 rings (SSSR count). The van der Waals surface area contributed by atoms with E-state index in [1.165, 1.54) is 26.4 Å². The van der Waals surface area contributed by atoms with E-state index in [4.69, 9.17) is 9.47 Å². The number of aromatic carboxylic acids is 1. The second-order valence-electron chi connectivity index (χ2n) is 4.79. The average molecular weight is 296 g/mol. The van der Waals surface area contributed by atoms with Crippen molar-refractivity contribution < 1.29 is 24.2 Å². The first-order chi connectivity index (χ1) is 9.88. The Morgan fingerprint density at radius 2 is 1.76 bits per heavy atom. The number of methoxy groups -OCH3 is 2. The van der Waals surface area contributed by atoms with Crippen LogP contribution in [0.3, 0.4) is 0 Å². The summed E-state index contributed by atoms with van der Waals surface area (Å²) < 4.78 is 10.2. The van der Waals surface area contributed by atoms with Gasteiger partial charge in [0.1, 0.15) is 0 Å². The number of rotatable bonds is 6. The van der Waals surface area contributed by atoms with Crippen LogP contribution in [0, 0.1) is 5.92 Å². The quantitative estimate of drug-likeness (QED) is 0.747. The highest BCUT2D eigenvalue weighted by molar-refractivity contribution is 6.01. The Morgan fingerprint density at radius 1 is 1.19 bits per heavy atom. The molecule has 0 aromatic heterocycles. The molecule has 7 heteroatoms. The maximum atomic E-state index is 11.8. The van der Waals surface area contributed by atoms with Gasteiger partial charge in [0.05, 0.1) is 25.5 Å². The molecule has 0 saturated carbocycles. The average Bonchev–Trinajstić information content (AvgIpc) is 2.44. The summed E-state index contributed by atoms with van der Waals surface area (Å²) >= 11 is 0. The van der Waals surface area contributed by atoms with Crippen molar-refractivity contribution in [3.63, 3.8) is 0 Å². The summed E-state index contributed by atoms with van der Waals surface area (Å²) in [5.41, 5.74) is 0.0637. The molecule has 0 aliphatic heterocycles. The van der Waals surface area contributed by atoms with Gasteiger partial charge in [0.2, 0.25) is 0 Å². The number of ether oxygens (including phenoxy) is 2. The molecule has 0 fully saturated rings. The minimum Gasteiger partial charge on any atom is -0.493 e. The lowest BCUT2D eigenvalue weighted by Gasteiger charge is -2.14. The van der Waals surface area contributed by atoms with E-state index in [1.807, 2.05) is 13.8 Å². The molecule has 0 aliphatic carbocycles. The molecule has 1 aromatic carbocycles. The first-order valence-corrected chi connectivity index (χ1v) is 6.43. The zero-order chi connectivity index (χ0) is 16.0. The molecule has 0 aliphatic rings. The normalized spacial score (nSPS) is 10.1. The number of carboxylic acid groups (broad SMARTS) is 1. The molecule has 7 nitrogen and oxygen atoms in total. The van der Waals surface area contributed by atoms with Crippen molar-refractivity contribution in [2.45, 2.75) is 13.8 Å². The number of carbonyl (C=O) groups excluding carboxylic acids is 1. The van der Waals surface area contributed by atoms with E-state index in [1.54, 1.807) is 0 Å². The van der Waals surface area contributed by atoms with Crippen molar-refractivity contribution in [2.24, 2.45) is 5.92 Å². The lowest BCUT2D eigenvalue weighted by Crippen LogP contribution is -2.32. The largest absolute Gasteiger partial charge is 0.493 e. The Balaban J connectivity index is 3.04. The van der Waals surface area contributed by atoms with E-state index in [2.05, 4.69) is 10.6 Å². The van der Waals surface area contributed by atoms with Gasteiger partial charge in [-0.1, -0.05) is 13.8 Å². The summed E-state index contributed by atoms with van der Waals surface area (Å²) in [6.07, 6.45) is 0. The molecule has 0 bridgehead atoms. The number of benzene rings is 1. The Hall–Kier alpha value is -2.44. The highest BCUT2D eigenvalue weighted by Crippen LogP contribution is 2.33. The summed E-state index contributed by atoms with van der Waals surface area (Å²) in [5.74, 6) is -0.264. The smallest absolute Gasteiger partial charge is 0.337 e. The minimum absolute atomic E-state index is 0.0765. The van der Waals surface area contributed by atoms with Crippen LogP contribution in [0.4, 0.5) is 10.5 Å². The first-order valence-electron chi connectivity index (χ1n) is 6.43. The Bertz CT molecular complexity index is 528. The maximum Gasteiger partial charge on any atom is 0.337 e. The number of nitrogens with one attached hydrogen (secondary N) is 2. The summed E-state index contributed by atoms with van der Waals surface area (Å²) in [4.78, 5) is 23.0. The maximum absolute atomic E-state index is 11.8. The predicted octanol–water partition coefficient (Wildman–Crippen LogP) is 2.18. The summed E-state index contributed by atoms with van der Waals surface area (Å²) in [7, 11) is 2.84. The van der Waals surface area contributed by atoms with Gasteiger partial charge in [-0.3, -0.25) is 0 Å². The van der Waals surface area contributed by atoms with Gasteiger partial charge in [-0.25, -0.2) is 9.59 Å². The molecule has 21 heavy (non-hydrogen) atoms. The van der Waals surface area contributed by atoms with Gasteiger partial charge in [0.25, 0.3) is 0 Å². The number of hydrogen-bond donors (Lipinski definition) is 3. The standard InChI is InChI=1S/C14H20N2O5/c1-8(2)7-15-14(19)16-10-6-12(21-4)11(20-3)5-9(10)13(17)18/h5-6,8H,7H2,1-4H3,(H,17,18)(H2,15,16,19). The number of carboxylic acids is 1. The lowest BCUT2D eigenvalue weighted by molar-refractivity contribution is 0.0697. The lowest BCUT2D eigenvalue weighted by atomic mass is 10.1. The van der Waals surface area contributed by atoms with Crippen LogP contribution in [0.15, 0.2) is 12.1 Å². The van der Waals surface area contributed by atoms with Gasteiger partial charge in [-0.15, -0.1) is 0 Å². The van der Waals surface area contributed by atoms with Crippen molar-refractivity contribution >= 4 is 17.7 Å². The number of amides is 2. The van der Waals surface area contributed by atoms with Crippen LogP contribution in [0.25, 0.3) is 0 Å². The molecule has 2 amide bonds. The minimum atomic E-state index is -1.17. The van der Waals surface area contributed by atoms with Gasteiger partial charge in [0, 0.05) is 18.7 Å². The topological polar surface area (TPSA) is 96.9 Å². The van der Waals surface area contributed by atoms with E-state index in [0.717, 1.165) is 0 Å². The van der Waals surface area contributed by atoms with Crippen LogP contribution < -0.4 is 20.1 Å². The van der Waals surface area contributed by atoms with Crippen LogP contribution in [0.1, 0.15) is 24.2 Å². The van der Waals surface area contributed by atoms with E-state index < -0.39 is 12.0 Å². The predicted molar refractivity (Wildman–Crippen MR) is 78.4 cm³/mol. The van der Waals surface area contributed by atoms with Crippen LogP contribution >= 0.6 is 0 Å². The van der Waals surface area contributed by atoms with Gasteiger partial charge >= 0.3 is 12.0 Å². The third-order valence-corrected chi connectivity index (χ3v) is 2.67. The van der Waals surface area contributed by atoms with Crippen molar-refractivity contribution in [3.8, 4) is 11.5 Å². The molecule has 116 valence electrons. The molecule has 0 radical (unpaired) electrons. The molecule has 0 saturated heterocycles. The second-order valence-corrected chi connectivity index (χ2v) is 4.79. The van der Waals surface area contributed by atoms with Crippen molar-refractivity contribution in [2.75, 3.05) is 26.1 Å². The fourth-order valence-corrected chi connectivity index (χ4v) is 1.62. The van der Waals surface area contributed by atoms with Crippen LogP contribution in [0.2, 0.25) is 0 Å². The Labute approximate surface area is 123 Å². The molecular weight excluding hydrogens is 276 g/mol. The van der Waals surface area contributed by atoms with E-state index in [0.29, 0.717) is 18.2 Å². The molecule has 0 spiro atoms. The van der Waals surface area contributed by atoms with Gasteiger partial charge in [0.15, 0.2) is 11.5 Å². The fourth-order valence-electron chi connectivity index (χ4n) is 1.62. The highest BCUT2D eigenvalue weighted by atomic mass is 16.5. The monoisotopic (exact) mass is 296 g/mol. The number of urea groups is 1. The van der Waals surface area contributed by atoms with Crippen LogP contribution in [-0.2, 0) is 0 Å². The molecule has 0 unspecified atom stereocenters. The van der Waals surface area contributed by atoms with Crippen LogP contribution in [0.5, 0.6) is 11.5 Å². The number of carbonyl (C=O) groups is 2. The molecule has 0 atom stereocenters. The van der Waals surface area contributed by atoms with Crippen molar-refractivity contribution in [1.82, 2.24) is 5.32 Å². The van der Waals surface area contributed by atoms with Gasteiger partial charge in [-0.05, 0) is 5.92 Å². The zero-order valence-corrected chi connectivity index (χ0v) is 12.5. The van der Waals surface area contributed by atoms with Crippen molar-refractivity contribution in [3.05, 3.63) is 17.7 Å². The zero-order valence-electron chi connectivity index (χ0n) is 12.5. The van der Waals surface area contributed by atoms with Crippen LogP contribution in [-0.4, -0.2) is 37.9 Å². The summed E-state index contributed by atoms with van der Waals surface area (Å²) in [6.45, 7) is 4.40. The Kier molecular flexibility index (Phi) is 5.83. The molecule has 0 heterocycles. The third kappa shape index (κ3) is 4.55. The summed E-state index contributed by atoms with van der Waals surface area (Å²) in [6, 6.07) is 2.25. The van der Waals surface area contributed by atoms with Gasteiger partial charge < -0.3 is 25.2 Å². The SMILES string of the molecule is COc1cc(NC(=O)NCC(C)C)c(C(=O)O)cc1OC. The van der Waals surface area contributed by atoms with Gasteiger partial charge in [-0.2, -0.15) is 0 Å². The fraction of sp³-hybridized carbons (Fsp3) is 0.429. The molecule has 3 N–H and O–H groups in total. The van der Waals surface area contributed by atoms with Crippen molar-refractivity contribution in [1.29, 1.82) is 0 Å². The van der Waals surface area contributed by atoms with E-state index in [-0.39, 0.29) is 17.0 Å². The Morgan fingerprint density at radius 3 is 2.24 bits per heavy atom. The summed E-state index contributed by atoms with van der Waals surface area (Å²) in [5, 5.41) is 14.4. The molecule has 1 aromatic rings. The van der Waals surface area contributed by atoms with E-state index in [9.17, 15) is 14.7 Å².